The zero-order chi connectivity index (χ0) is 8.69. The molecule has 0 heterocycles. The molecular weight excluding hydrogens is 144 g/mol. The molecule has 2 atom stereocenters. The standard InChI is InChI=1S/C7H18N2O2/c1-3-9-4-7(11)6(5-10)8-2/h6-11H,3-5H2,1-2H3. The Kier molecular flexibility index (Phi) is 6.45. The SMILES string of the molecule is CCNCC(O)C(CO)NC. The summed E-state index contributed by atoms with van der Waals surface area (Å²) in [5.41, 5.74) is 0. The van der Waals surface area contributed by atoms with Crippen LogP contribution in [0.3, 0.4) is 0 Å². The van der Waals surface area contributed by atoms with E-state index in [0.717, 1.165) is 6.54 Å². The van der Waals surface area contributed by atoms with Gasteiger partial charge in [0.1, 0.15) is 0 Å². The van der Waals surface area contributed by atoms with Gasteiger partial charge in [-0.2, -0.15) is 0 Å². The summed E-state index contributed by atoms with van der Waals surface area (Å²) in [6, 6.07) is -0.228. The van der Waals surface area contributed by atoms with Crippen LogP contribution in [0.2, 0.25) is 0 Å². The van der Waals surface area contributed by atoms with Crippen LogP contribution in [0.15, 0.2) is 0 Å². The Morgan fingerprint density at radius 2 is 2.09 bits per heavy atom. The van der Waals surface area contributed by atoms with Gasteiger partial charge >= 0.3 is 0 Å². The van der Waals surface area contributed by atoms with Gasteiger partial charge in [0.05, 0.1) is 18.8 Å². The highest BCUT2D eigenvalue weighted by molar-refractivity contribution is 4.74. The molecule has 0 bridgehead atoms. The van der Waals surface area contributed by atoms with E-state index in [4.69, 9.17) is 5.11 Å². The molecule has 0 fully saturated rings. The first-order chi connectivity index (χ1) is 5.26. The van der Waals surface area contributed by atoms with E-state index in [1.807, 2.05) is 6.92 Å². The van der Waals surface area contributed by atoms with Crippen molar-refractivity contribution in [2.75, 3.05) is 26.7 Å². The maximum atomic E-state index is 9.36. The van der Waals surface area contributed by atoms with Crippen molar-refractivity contribution in [1.82, 2.24) is 10.6 Å². The molecule has 0 radical (unpaired) electrons. The lowest BCUT2D eigenvalue weighted by Crippen LogP contribution is -2.45. The molecule has 0 aliphatic heterocycles. The van der Waals surface area contributed by atoms with Crippen LogP contribution in [0.25, 0.3) is 0 Å². The summed E-state index contributed by atoms with van der Waals surface area (Å²) < 4.78 is 0. The zero-order valence-corrected chi connectivity index (χ0v) is 7.17. The Labute approximate surface area is 67.6 Å². The van der Waals surface area contributed by atoms with Crippen LogP contribution in [0.1, 0.15) is 6.92 Å². The van der Waals surface area contributed by atoms with Crippen LogP contribution in [0, 0.1) is 0 Å². The minimum absolute atomic E-state index is 0.0386. The zero-order valence-electron chi connectivity index (χ0n) is 7.17. The number of hydrogen-bond acceptors (Lipinski definition) is 4. The fourth-order valence-corrected chi connectivity index (χ4v) is 0.840. The predicted molar refractivity (Wildman–Crippen MR) is 44.5 cm³/mol. The lowest BCUT2D eigenvalue weighted by molar-refractivity contribution is 0.0937. The summed E-state index contributed by atoms with van der Waals surface area (Å²) in [7, 11) is 1.72. The third-order valence-electron chi connectivity index (χ3n) is 1.64. The monoisotopic (exact) mass is 162 g/mol. The van der Waals surface area contributed by atoms with Gasteiger partial charge in [0, 0.05) is 6.54 Å². The molecule has 0 saturated heterocycles. The molecule has 0 aromatic rings. The largest absolute Gasteiger partial charge is 0.395 e. The second-order valence-corrected chi connectivity index (χ2v) is 2.45. The van der Waals surface area contributed by atoms with E-state index in [1.54, 1.807) is 7.05 Å². The third kappa shape index (κ3) is 4.31. The first-order valence-electron chi connectivity index (χ1n) is 3.93. The molecule has 0 spiro atoms. The summed E-state index contributed by atoms with van der Waals surface area (Å²) >= 11 is 0. The number of nitrogens with one attached hydrogen (secondary N) is 2. The molecule has 0 saturated carbocycles. The van der Waals surface area contributed by atoms with Crippen molar-refractivity contribution in [3.8, 4) is 0 Å². The summed E-state index contributed by atoms with van der Waals surface area (Å²) in [4.78, 5) is 0. The number of likely N-dealkylation sites (N-methyl/N-ethyl adjacent to an activating group) is 2. The summed E-state index contributed by atoms with van der Waals surface area (Å²) in [6.07, 6.45) is -0.523. The maximum absolute atomic E-state index is 9.36. The van der Waals surface area contributed by atoms with Crippen molar-refractivity contribution in [1.29, 1.82) is 0 Å². The summed E-state index contributed by atoms with van der Waals surface area (Å²) in [5, 5.41) is 23.9. The third-order valence-corrected chi connectivity index (χ3v) is 1.64. The molecule has 2 unspecified atom stereocenters. The Hall–Kier alpha value is -0.160. The molecule has 4 N–H and O–H groups in total. The molecule has 0 aromatic heterocycles. The van der Waals surface area contributed by atoms with Crippen molar-refractivity contribution >= 4 is 0 Å². The summed E-state index contributed by atoms with van der Waals surface area (Å²) in [5.74, 6) is 0. The highest BCUT2D eigenvalue weighted by atomic mass is 16.3. The van der Waals surface area contributed by atoms with Crippen molar-refractivity contribution < 1.29 is 10.2 Å². The van der Waals surface area contributed by atoms with Gasteiger partial charge in [-0.1, -0.05) is 6.92 Å². The van der Waals surface area contributed by atoms with Crippen LogP contribution in [0.5, 0.6) is 0 Å². The van der Waals surface area contributed by atoms with Crippen LogP contribution in [0.4, 0.5) is 0 Å². The lowest BCUT2D eigenvalue weighted by atomic mass is 10.2. The number of aliphatic hydroxyl groups excluding tert-OH is 2. The second-order valence-electron chi connectivity index (χ2n) is 2.45. The van der Waals surface area contributed by atoms with Crippen molar-refractivity contribution in [2.45, 2.75) is 19.1 Å². The van der Waals surface area contributed by atoms with E-state index >= 15 is 0 Å². The van der Waals surface area contributed by atoms with Crippen LogP contribution >= 0.6 is 0 Å². The van der Waals surface area contributed by atoms with E-state index in [0.29, 0.717) is 6.54 Å². The molecule has 0 aliphatic rings. The molecular formula is C7H18N2O2. The van der Waals surface area contributed by atoms with Crippen LogP contribution in [-0.4, -0.2) is 49.1 Å². The molecule has 0 aromatic carbocycles. The molecule has 0 aliphatic carbocycles. The minimum atomic E-state index is -0.523. The van der Waals surface area contributed by atoms with Crippen molar-refractivity contribution in [3.05, 3.63) is 0 Å². The highest BCUT2D eigenvalue weighted by Gasteiger charge is 2.14. The van der Waals surface area contributed by atoms with Gasteiger partial charge in [0.15, 0.2) is 0 Å². The molecule has 0 rings (SSSR count). The number of rotatable bonds is 6. The fraction of sp³-hybridized carbons (Fsp3) is 1.00. The molecule has 4 heteroatoms. The van der Waals surface area contributed by atoms with Gasteiger partial charge < -0.3 is 20.8 Å². The lowest BCUT2D eigenvalue weighted by Gasteiger charge is -2.20. The van der Waals surface area contributed by atoms with E-state index < -0.39 is 6.10 Å². The van der Waals surface area contributed by atoms with Gasteiger partial charge in [-0.3, -0.25) is 0 Å². The van der Waals surface area contributed by atoms with Gasteiger partial charge in [-0.05, 0) is 13.6 Å². The Morgan fingerprint density at radius 1 is 1.45 bits per heavy atom. The first-order valence-corrected chi connectivity index (χ1v) is 3.93. The predicted octanol–water partition coefficient (Wildman–Crippen LogP) is -1.46. The highest BCUT2D eigenvalue weighted by Crippen LogP contribution is 1.89. The van der Waals surface area contributed by atoms with E-state index in [2.05, 4.69) is 10.6 Å². The maximum Gasteiger partial charge on any atom is 0.0839 e. The Balaban J connectivity index is 3.51. The van der Waals surface area contributed by atoms with Gasteiger partial charge in [-0.15, -0.1) is 0 Å². The molecule has 68 valence electrons. The molecule has 4 nitrogen and oxygen atoms in total. The number of aliphatic hydroxyl groups is 2. The first kappa shape index (κ1) is 10.8. The topological polar surface area (TPSA) is 64.5 Å². The van der Waals surface area contributed by atoms with Gasteiger partial charge in [0.25, 0.3) is 0 Å². The second kappa shape index (κ2) is 6.54. The van der Waals surface area contributed by atoms with Crippen LogP contribution in [-0.2, 0) is 0 Å². The van der Waals surface area contributed by atoms with E-state index in [9.17, 15) is 5.11 Å². The smallest absolute Gasteiger partial charge is 0.0839 e. The minimum Gasteiger partial charge on any atom is -0.395 e. The van der Waals surface area contributed by atoms with Crippen LogP contribution < -0.4 is 10.6 Å². The Bertz CT molecular complexity index is 86.5. The van der Waals surface area contributed by atoms with E-state index in [1.165, 1.54) is 0 Å². The average molecular weight is 162 g/mol. The van der Waals surface area contributed by atoms with Crippen molar-refractivity contribution in [3.63, 3.8) is 0 Å². The fourth-order valence-electron chi connectivity index (χ4n) is 0.840. The Morgan fingerprint density at radius 3 is 2.45 bits per heavy atom. The molecule has 11 heavy (non-hydrogen) atoms. The van der Waals surface area contributed by atoms with Gasteiger partial charge in [0.2, 0.25) is 0 Å². The molecule has 0 amide bonds. The number of hydrogen-bond donors (Lipinski definition) is 4. The van der Waals surface area contributed by atoms with E-state index in [-0.39, 0.29) is 12.6 Å². The average Bonchev–Trinajstić information content (AvgIpc) is 2.03. The summed E-state index contributed by atoms with van der Waals surface area (Å²) in [6.45, 7) is 3.28. The normalized spacial score (nSPS) is 16.4. The quantitative estimate of drug-likeness (QED) is 0.385. The van der Waals surface area contributed by atoms with Crippen molar-refractivity contribution in [2.24, 2.45) is 0 Å². The van der Waals surface area contributed by atoms with Gasteiger partial charge in [-0.25, -0.2) is 0 Å².